The van der Waals surface area contributed by atoms with E-state index in [0.717, 1.165) is 6.20 Å². The summed E-state index contributed by atoms with van der Waals surface area (Å²) in [4.78, 5) is 11.6. The van der Waals surface area contributed by atoms with Crippen molar-refractivity contribution in [2.24, 2.45) is 0 Å². The number of aromatic amines is 1. The Hall–Kier alpha value is -1.49. The van der Waals surface area contributed by atoms with Crippen molar-refractivity contribution in [2.75, 3.05) is 19.8 Å². The molecule has 9 nitrogen and oxygen atoms in total. The van der Waals surface area contributed by atoms with Gasteiger partial charge in [-0.2, -0.15) is 5.10 Å². The van der Waals surface area contributed by atoms with E-state index in [-0.39, 0.29) is 12.2 Å². The summed E-state index contributed by atoms with van der Waals surface area (Å²) in [6.45, 7) is 1.89. The van der Waals surface area contributed by atoms with Gasteiger partial charge in [-0.25, -0.2) is 17.9 Å². The second-order valence-electron chi connectivity index (χ2n) is 4.31. The number of hydrogen-bond donors (Lipinski definition) is 4. The number of carbonyl (C=O) groups is 1. The van der Waals surface area contributed by atoms with E-state index in [9.17, 15) is 18.3 Å². The van der Waals surface area contributed by atoms with E-state index in [4.69, 9.17) is 9.84 Å². The number of nitrogens with one attached hydrogen (secondary N) is 2. The van der Waals surface area contributed by atoms with E-state index in [1.54, 1.807) is 6.92 Å². The Kier molecular flexibility index (Phi) is 5.22. The normalized spacial score (nSPS) is 14.8. The minimum Gasteiger partial charge on any atom is -0.462 e. The number of nitrogens with zero attached hydrogens (tertiary/aromatic N) is 1. The maximum Gasteiger partial charge on any atom is 0.342 e. The predicted octanol–water partition coefficient (Wildman–Crippen LogP) is -1.39. The average molecular weight is 307 g/mol. The van der Waals surface area contributed by atoms with Gasteiger partial charge in [-0.05, 0) is 13.8 Å². The summed E-state index contributed by atoms with van der Waals surface area (Å²) < 4.78 is 30.8. The molecule has 0 aliphatic heterocycles. The maximum absolute atomic E-state index is 12.0. The number of ether oxygens (including phenoxy) is 1. The van der Waals surface area contributed by atoms with Crippen molar-refractivity contribution in [3.8, 4) is 0 Å². The number of aromatic nitrogens is 2. The zero-order valence-corrected chi connectivity index (χ0v) is 11.9. The first-order chi connectivity index (χ1) is 9.23. The van der Waals surface area contributed by atoms with Crippen LogP contribution in [0, 0.1) is 0 Å². The number of hydrogen-bond acceptors (Lipinski definition) is 7. The Morgan fingerprint density at radius 3 is 2.80 bits per heavy atom. The number of rotatable bonds is 7. The van der Waals surface area contributed by atoms with Crippen LogP contribution >= 0.6 is 0 Å². The molecule has 0 aliphatic carbocycles. The van der Waals surface area contributed by atoms with Gasteiger partial charge in [-0.3, -0.25) is 5.10 Å². The van der Waals surface area contributed by atoms with Crippen molar-refractivity contribution in [2.45, 2.75) is 24.5 Å². The summed E-state index contributed by atoms with van der Waals surface area (Å²) in [7, 11) is -4.09. The molecule has 0 aliphatic rings. The summed E-state index contributed by atoms with van der Waals surface area (Å²) in [5.74, 6) is -0.824. The van der Waals surface area contributed by atoms with Crippen LogP contribution in [0.15, 0.2) is 11.2 Å². The summed E-state index contributed by atoms with van der Waals surface area (Å²) in [6, 6.07) is 0. The van der Waals surface area contributed by atoms with Gasteiger partial charge in [-0.1, -0.05) is 0 Å². The molecule has 4 N–H and O–H groups in total. The van der Waals surface area contributed by atoms with E-state index in [1.165, 1.54) is 6.92 Å². The van der Waals surface area contributed by atoms with Gasteiger partial charge in [0.25, 0.3) is 10.0 Å². The van der Waals surface area contributed by atoms with Crippen molar-refractivity contribution < 1.29 is 28.2 Å². The average Bonchev–Trinajstić information content (AvgIpc) is 2.87. The van der Waals surface area contributed by atoms with Gasteiger partial charge in [0.2, 0.25) is 0 Å². The lowest BCUT2D eigenvalue weighted by molar-refractivity contribution is 0.00680. The standard InChI is InChI=1S/C10H17N3O6S/c1-3-19-9(15)7-4-11-13-8(7)20(17,18)12-5-10(2,16)6-14/h4,12,14,16H,3,5-6H2,1-2H3,(H,11,13). The van der Waals surface area contributed by atoms with Gasteiger partial charge < -0.3 is 14.9 Å². The molecule has 0 radical (unpaired) electrons. The predicted molar refractivity (Wildman–Crippen MR) is 67.4 cm³/mol. The molecule has 1 atom stereocenters. The lowest BCUT2D eigenvalue weighted by Gasteiger charge is -2.20. The van der Waals surface area contributed by atoms with Gasteiger partial charge in [0.1, 0.15) is 5.56 Å². The van der Waals surface area contributed by atoms with Crippen LogP contribution in [0.25, 0.3) is 0 Å². The Morgan fingerprint density at radius 2 is 2.25 bits per heavy atom. The van der Waals surface area contributed by atoms with Gasteiger partial charge in [0.05, 0.1) is 25.0 Å². The summed E-state index contributed by atoms with van der Waals surface area (Å²) in [5, 5.41) is 23.6. The van der Waals surface area contributed by atoms with Crippen LogP contribution in [0.4, 0.5) is 0 Å². The molecule has 1 rings (SSSR count). The Bertz CT molecular complexity index is 565. The third-order valence-corrected chi connectivity index (χ3v) is 3.73. The maximum atomic E-state index is 12.0. The molecule has 1 unspecified atom stereocenters. The summed E-state index contributed by atoms with van der Waals surface area (Å²) in [6.07, 6.45) is 1.04. The van der Waals surface area contributed by atoms with Crippen LogP contribution in [-0.4, -0.2) is 60.2 Å². The topological polar surface area (TPSA) is 142 Å². The number of aliphatic hydroxyl groups is 2. The van der Waals surface area contributed by atoms with Crippen molar-refractivity contribution >= 4 is 16.0 Å². The molecule has 1 heterocycles. The van der Waals surface area contributed by atoms with Crippen LogP contribution in [-0.2, 0) is 14.8 Å². The van der Waals surface area contributed by atoms with Gasteiger partial charge in [0.15, 0.2) is 5.03 Å². The van der Waals surface area contributed by atoms with Gasteiger partial charge in [0, 0.05) is 6.54 Å². The number of aliphatic hydroxyl groups excluding tert-OH is 1. The minimum atomic E-state index is -4.09. The van der Waals surface area contributed by atoms with E-state index in [1.807, 2.05) is 0 Å². The van der Waals surface area contributed by atoms with Crippen molar-refractivity contribution in [3.63, 3.8) is 0 Å². The molecule has 114 valence electrons. The van der Waals surface area contributed by atoms with Crippen LogP contribution in [0.3, 0.4) is 0 Å². The molecular weight excluding hydrogens is 290 g/mol. The highest BCUT2D eigenvalue weighted by molar-refractivity contribution is 7.89. The second kappa shape index (κ2) is 6.31. The summed E-state index contributed by atoms with van der Waals surface area (Å²) >= 11 is 0. The zero-order chi connectivity index (χ0) is 15.4. The molecule has 0 saturated heterocycles. The second-order valence-corrected chi connectivity index (χ2v) is 6.02. The zero-order valence-electron chi connectivity index (χ0n) is 11.1. The molecule has 0 bridgehead atoms. The molecule has 1 aromatic rings. The molecule has 1 aromatic heterocycles. The molecule has 0 aromatic carbocycles. The van der Waals surface area contributed by atoms with Crippen molar-refractivity contribution in [1.82, 2.24) is 14.9 Å². The molecule has 0 saturated carbocycles. The van der Waals surface area contributed by atoms with Crippen molar-refractivity contribution in [1.29, 1.82) is 0 Å². The third kappa shape index (κ3) is 4.00. The fourth-order valence-corrected chi connectivity index (χ4v) is 2.46. The third-order valence-electron chi connectivity index (χ3n) is 2.35. The molecule has 20 heavy (non-hydrogen) atoms. The quantitative estimate of drug-likeness (QED) is 0.454. The molecule has 0 amide bonds. The van der Waals surface area contributed by atoms with E-state index in [0.29, 0.717) is 0 Å². The molecule has 0 spiro atoms. The molecule has 0 fully saturated rings. The lowest BCUT2D eigenvalue weighted by Crippen LogP contribution is -2.43. The van der Waals surface area contributed by atoms with E-state index >= 15 is 0 Å². The number of esters is 1. The molecular formula is C10H17N3O6S. The van der Waals surface area contributed by atoms with Crippen LogP contribution < -0.4 is 4.72 Å². The van der Waals surface area contributed by atoms with Crippen LogP contribution in [0.2, 0.25) is 0 Å². The van der Waals surface area contributed by atoms with E-state index < -0.39 is 39.8 Å². The molecule has 10 heteroatoms. The highest BCUT2D eigenvalue weighted by Crippen LogP contribution is 2.13. The lowest BCUT2D eigenvalue weighted by atomic mass is 10.1. The first kappa shape index (κ1) is 16.6. The van der Waals surface area contributed by atoms with Crippen LogP contribution in [0.5, 0.6) is 0 Å². The largest absolute Gasteiger partial charge is 0.462 e. The number of H-pyrrole nitrogens is 1. The first-order valence-electron chi connectivity index (χ1n) is 5.77. The van der Waals surface area contributed by atoms with E-state index in [2.05, 4.69) is 14.9 Å². The minimum absolute atomic E-state index is 0.0934. The monoisotopic (exact) mass is 307 g/mol. The van der Waals surface area contributed by atoms with Crippen LogP contribution in [0.1, 0.15) is 24.2 Å². The fourth-order valence-electron chi connectivity index (χ4n) is 1.21. The smallest absolute Gasteiger partial charge is 0.342 e. The Morgan fingerprint density at radius 1 is 1.60 bits per heavy atom. The Labute approximate surface area is 116 Å². The number of sulfonamides is 1. The SMILES string of the molecule is CCOC(=O)c1cn[nH]c1S(=O)(=O)NCC(C)(O)CO. The Balaban J connectivity index is 2.94. The van der Waals surface area contributed by atoms with Gasteiger partial charge in [-0.15, -0.1) is 0 Å². The van der Waals surface area contributed by atoms with Crippen molar-refractivity contribution in [3.05, 3.63) is 11.8 Å². The fraction of sp³-hybridized carbons (Fsp3) is 0.600. The summed E-state index contributed by atoms with van der Waals surface area (Å²) in [5.41, 5.74) is -1.85. The first-order valence-corrected chi connectivity index (χ1v) is 7.25. The highest BCUT2D eigenvalue weighted by atomic mass is 32.2. The highest BCUT2D eigenvalue weighted by Gasteiger charge is 2.28. The number of carbonyl (C=O) groups excluding carboxylic acids is 1. The van der Waals surface area contributed by atoms with Gasteiger partial charge >= 0.3 is 5.97 Å².